The molecule has 1 aromatic rings. The van der Waals surface area contributed by atoms with Crippen LogP contribution in [0.3, 0.4) is 0 Å². The van der Waals surface area contributed by atoms with E-state index >= 15 is 0 Å². The zero-order chi connectivity index (χ0) is 9.47. The number of benzene rings is 1. The fourth-order valence-corrected chi connectivity index (χ4v) is 2.84. The second-order valence-electron chi connectivity index (χ2n) is 2.99. The molecule has 0 radical (unpaired) electrons. The molecule has 3 unspecified atom stereocenters. The quantitative estimate of drug-likeness (QED) is 0.667. The molecule has 0 amide bonds. The maximum atomic E-state index is 11.3. The van der Waals surface area contributed by atoms with E-state index in [2.05, 4.69) is 4.52 Å². The molecular formula is C8H10NO3P. The largest absolute Gasteiger partial charge is 0.341 e. The van der Waals surface area contributed by atoms with Crippen LogP contribution in [-0.4, -0.2) is 11.1 Å². The van der Waals surface area contributed by atoms with Crippen LogP contribution < -0.4 is 5.73 Å². The van der Waals surface area contributed by atoms with E-state index in [-0.39, 0.29) is 0 Å². The van der Waals surface area contributed by atoms with Crippen molar-refractivity contribution in [3.63, 3.8) is 0 Å². The third-order valence-electron chi connectivity index (χ3n) is 2.08. The van der Waals surface area contributed by atoms with Gasteiger partial charge in [0, 0.05) is 0 Å². The Morgan fingerprint density at radius 2 is 2.00 bits per heavy atom. The van der Waals surface area contributed by atoms with Gasteiger partial charge in [-0.15, -0.1) is 0 Å². The number of hydrogen-bond donors (Lipinski definition) is 2. The van der Waals surface area contributed by atoms with Gasteiger partial charge in [-0.1, -0.05) is 30.3 Å². The van der Waals surface area contributed by atoms with Crippen LogP contribution in [0.5, 0.6) is 0 Å². The Hall–Kier alpha value is -0.670. The summed E-state index contributed by atoms with van der Waals surface area (Å²) in [6, 6.07) is 9.00. The Morgan fingerprint density at radius 1 is 1.38 bits per heavy atom. The molecule has 3 atom stereocenters. The Kier molecular flexibility index (Phi) is 2.00. The van der Waals surface area contributed by atoms with Gasteiger partial charge in [0.05, 0.1) is 0 Å². The maximum absolute atomic E-state index is 11.3. The zero-order valence-corrected chi connectivity index (χ0v) is 7.72. The predicted molar refractivity (Wildman–Crippen MR) is 48.1 cm³/mol. The minimum Gasteiger partial charge on any atom is -0.324 e. The minimum absolute atomic E-state index is 0.561. The van der Waals surface area contributed by atoms with E-state index in [4.69, 9.17) is 5.73 Å². The van der Waals surface area contributed by atoms with Gasteiger partial charge in [0.25, 0.3) is 0 Å². The van der Waals surface area contributed by atoms with Crippen molar-refractivity contribution in [3.8, 4) is 0 Å². The van der Waals surface area contributed by atoms with Crippen molar-refractivity contribution in [2.45, 2.75) is 11.9 Å². The molecule has 1 fully saturated rings. The van der Waals surface area contributed by atoms with Crippen molar-refractivity contribution >= 4 is 7.60 Å². The molecule has 70 valence electrons. The molecule has 13 heavy (non-hydrogen) atoms. The second kappa shape index (κ2) is 2.93. The van der Waals surface area contributed by atoms with Crippen molar-refractivity contribution < 1.29 is 14.0 Å². The van der Waals surface area contributed by atoms with Gasteiger partial charge < -0.3 is 10.6 Å². The first-order valence-corrected chi connectivity index (χ1v) is 5.57. The van der Waals surface area contributed by atoms with Gasteiger partial charge in [-0.25, -0.2) is 0 Å². The summed E-state index contributed by atoms with van der Waals surface area (Å²) in [6.45, 7) is 0. The molecular weight excluding hydrogens is 189 g/mol. The van der Waals surface area contributed by atoms with E-state index in [0.717, 1.165) is 5.56 Å². The van der Waals surface area contributed by atoms with Crippen molar-refractivity contribution in [1.29, 1.82) is 0 Å². The lowest BCUT2D eigenvalue weighted by Gasteiger charge is -2.37. The first kappa shape index (κ1) is 8.91. The summed E-state index contributed by atoms with van der Waals surface area (Å²) in [5.74, 6) is 0. The molecule has 2 rings (SSSR count). The second-order valence-corrected chi connectivity index (χ2v) is 4.89. The number of hydrogen-bond acceptors (Lipinski definition) is 3. The van der Waals surface area contributed by atoms with Crippen LogP contribution in [0.4, 0.5) is 0 Å². The summed E-state index contributed by atoms with van der Waals surface area (Å²) in [6.07, 6.45) is -0.654. The molecule has 1 aliphatic rings. The summed E-state index contributed by atoms with van der Waals surface area (Å²) < 4.78 is 15.8. The molecule has 5 heteroatoms. The fourth-order valence-electron chi connectivity index (χ4n) is 1.45. The van der Waals surface area contributed by atoms with Gasteiger partial charge >= 0.3 is 7.60 Å². The molecule has 1 aromatic carbocycles. The number of nitrogens with two attached hydrogens (primary N) is 1. The molecule has 0 saturated carbocycles. The van der Waals surface area contributed by atoms with Crippen LogP contribution >= 0.6 is 7.60 Å². The topological polar surface area (TPSA) is 72.5 Å². The summed E-state index contributed by atoms with van der Waals surface area (Å²) in [4.78, 5) is 9.25. The molecule has 0 spiro atoms. The molecule has 1 heterocycles. The molecule has 4 nitrogen and oxygen atoms in total. The average molecular weight is 199 g/mol. The standard InChI is InChI=1S/C8H10NO3P/c9-8-7(13(10,11)12-8)6-4-2-1-3-5-6/h1-5,7-8H,9H2,(H,10,11). The van der Waals surface area contributed by atoms with Crippen molar-refractivity contribution in [1.82, 2.24) is 0 Å². The van der Waals surface area contributed by atoms with E-state index in [1.165, 1.54) is 0 Å². The SMILES string of the molecule is NC1OP(=O)(O)C1c1ccccc1. The van der Waals surface area contributed by atoms with Crippen molar-refractivity contribution in [2.24, 2.45) is 5.73 Å². The first-order chi connectivity index (χ1) is 6.11. The highest BCUT2D eigenvalue weighted by molar-refractivity contribution is 7.54. The lowest BCUT2D eigenvalue weighted by atomic mass is 10.1. The van der Waals surface area contributed by atoms with E-state index < -0.39 is 19.5 Å². The zero-order valence-electron chi connectivity index (χ0n) is 6.83. The van der Waals surface area contributed by atoms with Gasteiger partial charge in [-0.3, -0.25) is 9.09 Å². The lowest BCUT2D eigenvalue weighted by molar-refractivity contribution is 0.0978. The van der Waals surface area contributed by atoms with Gasteiger partial charge in [0.2, 0.25) is 0 Å². The summed E-state index contributed by atoms with van der Waals surface area (Å²) >= 11 is 0. The third-order valence-corrected chi connectivity index (χ3v) is 3.92. The molecule has 3 N–H and O–H groups in total. The minimum atomic E-state index is -3.48. The Labute approximate surface area is 75.9 Å². The molecule has 1 saturated heterocycles. The summed E-state index contributed by atoms with van der Waals surface area (Å²) in [5, 5.41) is 0. The molecule has 0 bridgehead atoms. The van der Waals surface area contributed by atoms with Crippen LogP contribution in [-0.2, 0) is 9.09 Å². The normalized spacial score (nSPS) is 38.3. The van der Waals surface area contributed by atoms with Crippen molar-refractivity contribution in [2.75, 3.05) is 0 Å². The lowest BCUT2D eigenvalue weighted by Crippen LogP contribution is -2.39. The van der Waals surface area contributed by atoms with Crippen LogP contribution in [0.1, 0.15) is 11.2 Å². The molecule has 1 aliphatic heterocycles. The Morgan fingerprint density at radius 3 is 2.46 bits per heavy atom. The predicted octanol–water partition coefficient (Wildman–Crippen LogP) is 1.23. The van der Waals surface area contributed by atoms with Crippen LogP contribution in [0, 0.1) is 0 Å². The van der Waals surface area contributed by atoms with Crippen molar-refractivity contribution in [3.05, 3.63) is 35.9 Å². The highest BCUT2D eigenvalue weighted by atomic mass is 31.2. The van der Waals surface area contributed by atoms with E-state index in [1.54, 1.807) is 24.3 Å². The highest BCUT2D eigenvalue weighted by Crippen LogP contribution is 2.67. The molecule has 0 aromatic heterocycles. The Balaban J connectivity index is 2.32. The van der Waals surface area contributed by atoms with Crippen LogP contribution in [0.2, 0.25) is 0 Å². The fraction of sp³-hybridized carbons (Fsp3) is 0.250. The van der Waals surface area contributed by atoms with Gasteiger partial charge in [0.1, 0.15) is 11.9 Å². The third kappa shape index (κ3) is 1.42. The highest BCUT2D eigenvalue weighted by Gasteiger charge is 2.50. The maximum Gasteiger partial charge on any atom is 0.341 e. The summed E-state index contributed by atoms with van der Waals surface area (Å²) in [5.41, 5.74) is 5.67. The van der Waals surface area contributed by atoms with E-state index in [9.17, 15) is 9.46 Å². The van der Waals surface area contributed by atoms with Gasteiger partial charge in [-0.05, 0) is 5.56 Å². The summed E-state index contributed by atoms with van der Waals surface area (Å²) in [7, 11) is -3.48. The monoisotopic (exact) mass is 199 g/mol. The van der Waals surface area contributed by atoms with Gasteiger partial charge in [0.15, 0.2) is 0 Å². The van der Waals surface area contributed by atoms with E-state index in [1.807, 2.05) is 6.07 Å². The van der Waals surface area contributed by atoms with Crippen LogP contribution in [0.25, 0.3) is 0 Å². The average Bonchev–Trinajstić information content (AvgIpc) is 2.04. The molecule has 0 aliphatic carbocycles. The first-order valence-electron chi connectivity index (χ1n) is 3.93. The Bertz CT molecular complexity index is 354. The number of rotatable bonds is 1. The van der Waals surface area contributed by atoms with E-state index in [0.29, 0.717) is 0 Å². The van der Waals surface area contributed by atoms with Gasteiger partial charge in [-0.2, -0.15) is 0 Å². The smallest absolute Gasteiger partial charge is 0.324 e. The van der Waals surface area contributed by atoms with Crippen LogP contribution in [0.15, 0.2) is 30.3 Å².